The first-order chi connectivity index (χ1) is 15.7. The molecule has 2 aliphatic carbocycles. The molecule has 0 amide bonds. The topological polar surface area (TPSA) is 58.2 Å². The predicted molar refractivity (Wildman–Crippen MR) is 134 cm³/mol. The molecular weight excluding hydrogens is 495 g/mol. The minimum atomic E-state index is 0. The summed E-state index contributed by atoms with van der Waals surface area (Å²) >= 11 is 2.96. The molecule has 0 saturated carbocycles. The van der Waals surface area contributed by atoms with Crippen molar-refractivity contribution in [3.8, 4) is 0 Å². The zero-order valence-electron chi connectivity index (χ0n) is 17.5. The van der Waals surface area contributed by atoms with Crippen molar-refractivity contribution in [2.24, 2.45) is 0 Å². The molecule has 0 aromatic heterocycles. The van der Waals surface area contributed by atoms with Crippen LogP contribution in [-0.2, 0) is 26.1 Å². The first-order valence-electron chi connectivity index (χ1n) is 9.86. The van der Waals surface area contributed by atoms with E-state index in [-0.39, 0.29) is 28.1 Å². The minimum Gasteiger partial charge on any atom is -0.332 e. The first kappa shape index (κ1) is 26.3. The van der Waals surface area contributed by atoms with E-state index in [0.717, 1.165) is 9.79 Å². The number of nitrogens with one attached hydrogen (secondary N) is 2. The Morgan fingerprint density at radius 2 is 0.909 bits per heavy atom. The van der Waals surface area contributed by atoms with Crippen molar-refractivity contribution >= 4 is 35.5 Å². The van der Waals surface area contributed by atoms with Gasteiger partial charge >= 0.3 is 0 Å². The van der Waals surface area contributed by atoms with Gasteiger partial charge in [-0.1, -0.05) is 60.7 Å². The molecule has 2 aromatic rings. The van der Waals surface area contributed by atoms with Crippen LogP contribution in [0, 0.1) is 0 Å². The Labute approximate surface area is 212 Å². The summed E-state index contributed by atoms with van der Waals surface area (Å²) in [6.07, 6.45) is 17.3. The van der Waals surface area contributed by atoms with E-state index in [2.05, 4.69) is 9.44 Å². The zero-order chi connectivity index (χ0) is 22.4. The molecule has 0 unspecified atom stereocenters. The molecule has 0 spiro atoms. The van der Waals surface area contributed by atoms with Gasteiger partial charge in [-0.25, -0.2) is 0 Å². The molecule has 170 valence electrons. The molecule has 0 heterocycles. The molecule has 4 rings (SSSR count). The molecule has 0 fully saturated rings. The second-order valence-electron chi connectivity index (χ2n) is 6.43. The fraction of sp³-hybridized carbons (Fsp3) is 0. The maximum atomic E-state index is 11.4. The predicted octanol–water partition coefficient (Wildman–Crippen LogP) is 5.72. The summed E-state index contributed by atoms with van der Waals surface area (Å²) in [7, 11) is 0. The number of benzene rings is 2. The Hall–Kier alpha value is -2.99. The van der Waals surface area contributed by atoms with Crippen LogP contribution < -0.4 is 9.44 Å². The summed E-state index contributed by atoms with van der Waals surface area (Å²) in [4.78, 5) is 25.0. The molecular formula is C26H22N2NiO2S2. The van der Waals surface area contributed by atoms with Crippen LogP contribution >= 0.6 is 23.9 Å². The molecule has 0 atom stereocenters. The van der Waals surface area contributed by atoms with E-state index in [1.54, 1.807) is 48.9 Å². The molecule has 4 nitrogen and oxygen atoms in total. The average Bonchev–Trinajstić information content (AvgIpc) is 2.83. The van der Waals surface area contributed by atoms with E-state index in [1.165, 1.54) is 23.9 Å². The van der Waals surface area contributed by atoms with Crippen LogP contribution in [0.1, 0.15) is 0 Å². The van der Waals surface area contributed by atoms with Gasteiger partial charge in [-0.05, 0) is 72.5 Å². The molecule has 2 aliphatic rings. The smallest absolute Gasteiger partial charge is 0.187 e. The number of allylic oxidation sites excluding steroid dienone is 10. The number of hydrogen-bond donors (Lipinski definition) is 2. The van der Waals surface area contributed by atoms with Crippen molar-refractivity contribution in [3.05, 3.63) is 133 Å². The van der Waals surface area contributed by atoms with Crippen LogP contribution in [0.3, 0.4) is 0 Å². The molecule has 0 bridgehead atoms. The second-order valence-corrected chi connectivity index (χ2v) is 8.25. The third-order valence-electron chi connectivity index (χ3n) is 4.11. The van der Waals surface area contributed by atoms with Gasteiger partial charge < -0.3 is 9.44 Å². The molecule has 2 aromatic carbocycles. The standard InChI is InChI=1S/2C13H11NOS.Ni/c2*15-13-9-5-4-6-11(13)10-14-16-12-7-2-1-3-8-12;/h2*1-10,14H;/b2*11-10-;. The van der Waals surface area contributed by atoms with Crippen molar-refractivity contribution in [1.82, 2.24) is 9.44 Å². The van der Waals surface area contributed by atoms with Gasteiger partial charge in [0.05, 0.1) is 0 Å². The van der Waals surface area contributed by atoms with Crippen LogP contribution in [-0.4, -0.2) is 11.6 Å². The molecule has 0 aliphatic heterocycles. The minimum absolute atomic E-state index is 0. The van der Waals surface area contributed by atoms with Gasteiger partial charge in [0.2, 0.25) is 0 Å². The van der Waals surface area contributed by atoms with Crippen LogP contribution in [0.25, 0.3) is 0 Å². The fourth-order valence-corrected chi connectivity index (χ4v) is 3.73. The van der Waals surface area contributed by atoms with Crippen molar-refractivity contribution < 1.29 is 26.1 Å². The van der Waals surface area contributed by atoms with Crippen LogP contribution in [0.5, 0.6) is 0 Å². The van der Waals surface area contributed by atoms with Gasteiger partial charge in [0.1, 0.15) is 0 Å². The first-order valence-corrected chi connectivity index (χ1v) is 11.5. The summed E-state index contributed by atoms with van der Waals surface area (Å²) in [5.74, 6) is 0.0623. The zero-order valence-corrected chi connectivity index (χ0v) is 20.1. The second kappa shape index (κ2) is 15.0. The summed E-state index contributed by atoms with van der Waals surface area (Å²) in [5.41, 5.74) is 1.34. The van der Waals surface area contributed by atoms with E-state index < -0.39 is 0 Å². The monoisotopic (exact) mass is 516 g/mol. The number of rotatable bonds is 6. The Bertz CT molecular complexity index is 1020. The van der Waals surface area contributed by atoms with Crippen molar-refractivity contribution in [3.63, 3.8) is 0 Å². The summed E-state index contributed by atoms with van der Waals surface area (Å²) < 4.78 is 6.10. The molecule has 33 heavy (non-hydrogen) atoms. The molecule has 2 N–H and O–H groups in total. The van der Waals surface area contributed by atoms with Crippen molar-refractivity contribution in [1.29, 1.82) is 0 Å². The maximum Gasteiger partial charge on any atom is 0.187 e. The SMILES string of the molecule is O=C1C=CC=C/C1=C/NSc1ccccc1.O=C1C=CC=C/C1=C/NSc1ccccc1.[Ni]. The van der Waals surface area contributed by atoms with E-state index in [9.17, 15) is 9.59 Å². The van der Waals surface area contributed by atoms with E-state index in [4.69, 9.17) is 0 Å². The molecule has 7 heteroatoms. The van der Waals surface area contributed by atoms with Crippen molar-refractivity contribution in [2.75, 3.05) is 0 Å². The number of carbonyl (C=O) groups is 2. The largest absolute Gasteiger partial charge is 0.332 e. The Morgan fingerprint density at radius 1 is 0.545 bits per heavy atom. The van der Waals surface area contributed by atoms with Crippen LogP contribution in [0.4, 0.5) is 0 Å². The summed E-state index contributed by atoms with van der Waals surface area (Å²) in [6, 6.07) is 19.9. The van der Waals surface area contributed by atoms with Crippen LogP contribution in [0.2, 0.25) is 0 Å². The third-order valence-corrected chi connectivity index (χ3v) is 5.59. The van der Waals surface area contributed by atoms with E-state index in [1.807, 2.05) is 72.8 Å². The normalized spacial score (nSPS) is 16.2. The summed E-state index contributed by atoms with van der Waals surface area (Å²) in [6.45, 7) is 0. The molecule has 0 radical (unpaired) electrons. The average molecular weight is 517 g/mol. The van der Waals surface area contributed by atoms with Crippen molar-refractivity contribution in [2.45, 2.75) is 9.79 Å². The third kappa shape index (κ3) is 9.58. The van der Waals surface area contributed by atoms with Gasteiger partial charge in [0.15, 0.2) is 11.6 Å². The Balaban J connectivity index is 0.000000227. The van der Waals surface area contributed by atoms with Gasteiger partial charge in [-0.3, -0.25) is 9.59 Å². The summed E-state index contributed by atoms with van der Waals surface area (Å²) in [5, 5.41) is 0. The Morgan fingerprint density at radius 3 is 1.27 bits per heavy atom. The maximum absolute atomic E-state index is 11.4. The van der Waals surface area contributed by atoms with Gasteiger partial charge in [0, 0.05) is 49.8 Å². The number of ketones is 2. The Kier molecular flexibility index (Phi) is 11.9. The van der Waals surface area contributed by atoms with E-state index >= 15 is 0 Å². The quantitative estimate of drug-likeness (QED) is 0.291. The number of hydrogen-bond acceptors (Lipinski definition) is 6. The fourth-order valence-electron chi connectivity index (χ4n) is 2.50. The van der Waals surface area contributed by atoms with Gasteiger partial charge in [-0.2, -0.15) is 0 Å². The molecule has 0 saturated heterocycles. The number of carbonyl (C=O) groups excluding carboxylic acids is 2. The van der Waals surface area contributed by atoms with E-state index in [0.29, 0.717) is 11.1 Å². The van der Waals surface area contributed by atoms with Gasteiger partial charge in [-0.15, -0.1) is 0 Å². The van der Waals surface area contributed by atoms with Gasteiger partial charge in [0.25, 0.3) is 0 Å². The van der Waals surface area contributed by atoms with Crippen LogP contribution in [0.15, 0.2) is 143 Å².